The molecular formula is C16H20BrClO2. The van der Waals surface area contributed by atoms with Crippen LogP contribution in [0.15, 0.2) is 22.7 Å². The number of alkyl halides is 1. The van der Waals surface area contributed by atoms with Crippen LogP contribution in [0.25, 0.3) is 0 Å². The zero-order valence-electron chi connectivity index (χ0n) is 11.6. The molecule has 0 radical (unpaired) electrons. The molecule has 2 aliphatic rings. The molecule has 110 valence electrons. The zero-order valence-corrected chi connectivity index (χ0v) is 14.0. The summed E-state index contributed by atoms with van der Waals surface area (Å²) in [5.41, 5.74) is 1.20. The molecular weight excluding hydrogens is 340 g/mol. The number of hydrogen-bond acceptors (Lipinski definition) is 2. The topological polar surface area (TPSA) is 18.5 Å². The molecule has 20 heavy (non-hydrogen) atoms. The van der Waals surface area contributed by atoms with Crippen molar-refractivity contribution in [3.05, 3.63) is 28.2 Å². The highest BCUT2D eigenvalue weighted by molar-refractivity contribution is 9.10. The second-order valence-corrected chi connectivity index (χ2v) is 7.24. The molecule has 0 saturated heterocycles. The maximum Gasteiger partial charge on any atom is 0.133 e. The van der Waals surface area contributed by atoms with Crippen molar-refractivity contribution in [3.63, 3.8) is 0 Å². The van der Waals surface area contributed by atoms with Gasteiger partial charge in [0.05, 0.1) is 16.5 Å². The lowest BCUT2D eigenvalue weighted by atomic mass is 9.94. The van der Waals surface area contributed by atoms with E-state index in [4.69, 9.17) is 21.1 Å². The van der Waals surface area contributed by atoms with Gasteiger partial charge in [0.2, 0.25) is 0 Å². The molecule has 2 saturated carbocycles. The second kappa shape index (κ2) is 6.25. The SMILES string of the molecule is COCCOc1ccc(C(Cl)C2CC3CC3C2)cc1Br. The summed E-state index contributed by atoms with van der Waals surface area (Å²) >= 11 is 10.2. The fourth-order valence-corrected chi connectivity index (χ4v) is 4.17. The predicted octanol–water partition coefficient (Wildman–Crippen LogP) is 4.80. The summed E-state index contributed by atoms with van der Waals surface area (Å²) in [4.78, 5) is 0. The summed E-state index contributed by atoms with van der Waals surface area (Å²) in [6.07, 6.45) is 4.06. The van der Waals surface area contributed by atoms with Crippen LogP contribution < -0.4 is 4.74 Å². The van der Waals surface area contributed by atoms with Crippen LogP contribution in [0.4, 0.5) is 0 Å². The van der Waals surface area contributed by atoms with Crippen LogP contribution in [0.3, 0.4) is 0 Å². The van der Waals surface area contributed by atoms with E-state index in [1.54, 1.807) is 7.11 Å². The first-order chi connectivity index (χ1) is 9.69. The first-order valence-corrected chi connectivity index (χ1v) is 8.47. The summed E-state index contributed by atoms with van der Waals surface area (Å²) < 4.78 is 11.6. The van der Waals surface area contributed by atoms with Gasteiger partial charge in [0.15, 0.2) is 0 Å². The molecule has 0 aromatic heterocycles. The van der Waals surface area contributed by atoms with Gasteiger partial charge in [-0.25, -0.2) is 0 Å². The summed E-state index contributed by atoms with van der Waals surface area (Å²) in [5, 5.41) is 0.132. The molecule has 2 aliphatic carbocycles. The summed E-state index contributed by atoms with van der Waals surface area (Å²) in [7, 11) is 1.67. The third-order valence-corrected chi connectivity index (χ3v) is 5.74. The molecule has 0 aliphatic heterocycles. The monoisotopic (exact) mass is 358 g/mol. The Balaban J connectivity index is 1.63. The highest BCUT2D eigenvalue weighted by atomic mass is 79.9. The molecule has 3 atom stereocenters. The van der Waals surface area contributed by atoms with Crippen LogP contribution in [-0.2, 0) is 4.74 Å². The van der Waals surface area contributed by atoms with Crippen molar-refractivity contribution in [2.24, 2.45) is 17.8 Å². The van der Waals surface area contributed by atoms with E-state index in [0.717, 1.165) is 22.1 Å². The number of hydrogen-bond donors (Lipinski definition) is 0. The molecule has 2 fully saturated rings. The van der Waals surface area contributed by atoms with Crippen molar-refractivity contribution in [1.29, 1.82) is 0 Å². The van der Waals surface area contributed by atoms with E-state index in [2.05, 4.69) is 28.1 Å². The summed E-state index contributed by atoms with van der Waals surface area (Å²) in [6.45, 7) is 1.15. The number of methoxy groups -OCH3 is 1. The third-order valence-electron chi connectivity index (χ3n) is 4.51. The number of benzene rings is 1. The van der Waals surface area contributed by atoms with Gasteiger partial charge in [0, 0.05) is 7.11 Å². The van der Waals surface area contributed by atoms with E-state index in [1.165, 1.54) is 24.8 Å². The molecule has 1 aromatic rings. The van der Waals surface area contributed by atoms with Crippen molar-refractivity contribution >= 4 is 27.5 Å². The highest BCUT2D eigenvalue weighted by Gasteiger charge is 2.47. The maximum absolute atomic E-state index is 6.67. The number of fused-ring (bicyclic) bond motifs is 1. The van der Waals surface area contributed by atoms with Crippen molar-refractivity contribution in [2.75, 3.05) is 20.3 Å². The Morgan fingerprint density at radius 3 is 2.65 bits per heavy atom. The lowest BCUT2D eigenvalue weighted by molar-refractivity contribution is 0.146. The van der Waals surface area contributed by atoms with Gasteiger partial charge < -0.3 is 9.47 Å². The lowest BCUT2D eigenvalue weighted by Gasteiger charge is -2.20. The molecule has 0 bridgehead atoms. The Morgan fingerprint density at radius 2 is 2.00 bits per heavy atom. The summed E-state index contributed by atoms with van der Waals surface area (Å²) in [5.74, 6) is 3.44. The Kier molecular flexibility index (Phi) is 4.58. The normalized spacial score (nSPS) is 29.1. The third kappa shape index (κ3) is 3.15. The average molecular weight is 360 g/mol. The van der Waals surface area contributed by atoms with Gasteiger partial charge in [0.1, 0.15) is 12.4 Å². The van der Waals surface area contributed by atoms with Gasteiger partial charge in [0.25, 0.3) is 0 Å². The smallest absolute Gasteiger partial charge is 0.133 e. The average Bonchev–Trinajstić information content (AvgIpc) is 3.06. The first-order valence-electron chi connectivity index (χ1n) is 7.24. The standard InChI is InChI=1S/C16H20BrClO2/c1-19-4-5-20-15-3-2-10(9-14(15)17)16(18)13-7-11-6-12(11)8-13/h2-3,9,11-13,16H,4-8H2,1H3. The van der Waals surface area contributed by atoms with Crippen molar-refractivity contribution in [3.8, 4) is 5.75 Å². The number of ether oxygens (including phenoxy) is 2. The predicted molar refractivity (Wildman–Crippen MR) is 84.4 cm³/mol. The molecule has 4 heteroatoms. The Bertz CT molecular complexity index is 470. The molecule has 3 unspecified atom stereocenters. The zero-order chi connectivity index (χ0) is 14.1. The van der Waals surface area contributed by atoms with Crippen molar-refractivity contribution in [1.82, 2.24) is 0 Å². The molecule has 0 spiro atoms. The molecule has 0 amide bonds. The van der Waals surface area contributed by atoms with E-state index < -0.39 is 0 Å². The minimum Gasteiger partial charge on any atom is -0.490 e. The van der Waals surface area contributed by atoms with Crippen molar-refractivity contribution in [2.45, 2.75) is 24.6 Å². The van der Waals surface area contributed by atoms with Crippen LogP contribution in [0.5, 0.6) is 5.75 Å². The Morgan fingerprint density at radius 1 is 1.25 bits per heavy atom. The molecule has 3 rings (SSSR count). The number of rotatable bonds is 6. The molecule has 2 nitrogen and oxygen atoms in total. The van der Waals surface area contributed by atoms with Crippen LogP contribution >= 0.6 is 27.5 Å². The fraction of sp³-hybridized carbons (Fsp3) is 0.625. The Hall–Kier alpha value is -0.250. The molecule has 0 N–H and O–H groups in total. The van der Waals surface area contributed by atoms with E-state index in [-0.39, 0.29) is 5.38 Å². The first kappa shape index (κ1) is 14.7. The largest absolute Gasteiger partial charge is 0.490 e. The number of halogens is 2. The van der Waals surface area contributed by atoms with Crippen molar-refractivity contribution < 1.29 is 9.47 Å². The minimum absolute atomic E-state index is 0.132. The van der Waals surface area contributed by atoms with E-state index in [9.17, 15) is 0 Å². The van der Waals surface area contributed by atoms with Crippen LogP contribution in [0, 0.1) is 17.8 Å². The van der Waals surface area contributed by atoms with Gasteiger partial charge in [-0.2, -0.15) is 0 Å². The van der Waals surface area contributed by atoms with E-state index in [1.807, 2.05) is 6.07 Å². The second-order valence-electron chi connectivity index (χ2n) is 5.92. The maximum atomic E-state index is 6.67. The highest BCUT2D eigenvalue weighted by Crippen LogP contribution is 2.58. The lowest BCUT2D eigenvalue weighted by Crippen LogP contribution is -2.07. The van der Waals surface area contributed by atoms with Gasteiger partial charge >= 0.3 is 0 Å². The van der Waals surface area contributed by atoms with E-state index >= 15 is 0 Å². The Labute approximate surface area is 133 Å². The van der Waals surface area contributed by atoms with Crippen LogP contribution in [0.2, 0.25) is 0 Å². The van der Waals surface area contributed by atoms with Gasteiger partial charge in [-0.15, -0.1) is 11.6 Å². The van der Waals surface area contributed by atoms with Gasteiger partial charge in [-0.05, 0) is 70.6 Å². The quantitative estimate of drug-likeness (QED) is 0.536. The summed E-state index contributed by atoms with van der Waals surface area (Å²) in [6, 6.07) is 6.19. The molecule has 0 heterocycles. The van der Waals surface area contributed by atoms with E-state index in [0.29, 0.717) is 19.1 Å². The molecule has 1 aromatic carbocycles. The van der Waals surface area contributed by atoms with Crippen LogP contribution in [-0.4, -0.2) is 20.3 Å². The van der Waals surface area contributed by atoms with Crippen LogP contribution in [0.1, 0.15) is 30.2 Å². The fourth-order valence-electron chi connectivity index (χ4n) is 3.31. The van der Waals surface area contributed by atoms with Gasteiger partial charge in [-0.3, -0.25) is 0 Å². The minimum atomic E-state index is 0.132. The van der Waals surface area contributed by atoms with Gasteiger partial charge in [-0.1, -0.05) is 6.07 Å².